The molecule has 3 heterocycles. The van der Waals surface area contributed by atoms with E-state index in [1.54, 1.807) is 39.0 Å². The molecule has 0 radical (unpaired) electrons. The summed E-state index contributed by atoms with van der Waals surface area (Å²) >= 11 is 0. The number of allylic oxidation sites excluding steroid dienone is 1. The monoisotopic (exact) mass is 856 g/mol. The van der Waals surface area contributed by atoms with Gasteiger partial charge in [0.1, 0.15) is 41.3 Å². The summed E-state index contributed by atoms with van der Waals surface area (Å²) in [4.78, 5) is 67.6. The maximum absolute atomic E-state index is 14.8. The molecule has 15 nitrogen and oxygen atoms in total. The largest absolute Gasteiger partial charge is 0.497 e. The number of aromatic nitrogens is 2. The second-order valence-corrected chi connectivity index (χ2v) is 21.0. The van der Waals surface area contributed by atoms with E-state index < -0.39 is 92.6 Å². The SMILES string of the molecule is COc1ccc2nc3c(nc2c1)O[C@@H]1C[C@@H](C(=O)N[C@]2(C(=O)NS(=O)(=O)C4(C)CC4)C[C@H]2C(F)F)N(C1)C(=O)[C@H](C(C)(C)C)NC(=O)O[C@@H]1C2=CC[C@H](C2)[C@H]1CCCCC3. The average Bonchev–Trinajstić information content (AvgIpc) is 3.94. The van der Waals surface area contributed by atoms with Crippen molar-refractivity contribution in [2.45, 2.75) is 139 Å². The summed E-state index contributed by atoms with van der Waals surface area (Å²) < 4.78 is 73.5. The number of benzene rings is 1. The Kier molecular flexibility index (Phi) is 10.8. The van der Waals surface area contributed by atoms with Crippen LogP contribution in [-0.2, 0) is 35.6 Å². The van der Waals surface area contributed by atoms with Crippen LogP contribution in [0.4, 0.5) is 13.6 Å². The van der Waals surface area contributed by atoms with E-state index >= 15 is 0 Å². The third-order valence-corrected chi connectivity index (χ3v) is 15.7. The third-order valence-electron chi connectivity index (χ3n) is 13.5. The van der Waals surface area contributed by atoms with Crippen LogP contribution in [0.15, 0.2) is 29.8 Å². The Morgan fingerprint density at radius 3 is 2.53 bits per heavy atom. The summed E-state index contributed by atoms with van der Waals surface area (Å²) in [6, 6.07) is 2.72. The number of nitrogens with one attached hydrogen (secondary N) is 3. The number of sulfonamides is 1. The minimum absolute atomic E-state index is 0.131. The van der Waals surface area contributed by atoms with Gasteiger partial charge in [0.05, 0.1) is 35.4 Å². The van der Waals surface area contributed by atoms with Gasteiger partial charge in [-0.05, 0) is 87.3 Å². The van der Waals surface area contributed by atoms with Crippen LogP contribution in [0.5, 0.6) is 11.6 Å². The number of nitrogens with zero attached hydrogens (tertiary/aromatic N) is 3. The number of rotatable bonds is 7. The van der Waals surface area contributed by atoms with E-state index in [0.717, 1.165) is 44.1 Å². The molecule has 1 aromatic heterocycles. The second-order valence-electron chi connectivity index (χ2n) is 18.8. The van der Waals surface area contributed by atoms with E-state index in [0.29, 0.717) is 47.7 Å². The molecule has 6 aliphatic rings. The van der Waals surface area contributed by atoms with Crippen molar-refractivity contribution in [1.82, 2.24) is 30.2 Å². The van der Waals surface area contributed by atoms with Gasteiger partial charge < -0.3 is 29.7 Å². The van der Waals surface area contributed by atoms with Gasteiger partial charge in [0, 0.05) is 18.4 Å². The predicted octanol–water partition coefficient (Wildman–Crippen LogP) is 4.72. The number of carbonyl (C=O) groups is 4. The van der Waals surface area contributed by atoms with Gasteiger partial charge in [-0.25, -0.2) is 32.0 Å². The van der Waals surface area contributed by atoms with Crippen LogP contribution in [0.1, 0.15) is 97.6 Å². The first-order valence-electron chi connectivity index (χ1n) is 21.0. The zero-order valence-corrected chi connectivity index (χ0v) is 35.4. The van der Waals surface area contributed by atoms with E-state index in [9.17, 15) is 36.4 Å². The number of fused-ring (bicyclic) bond motifs is 9. The Labute approximate surface area is 348 Å². The number of amides is 4. The Balaban J connectivity index is 1.14. The van der Waals surface area contributed by atoms with Crippen molar-refractivity contribution in [3.8, 4) is 11.6 Å². The summed E-state index contributed by atoms with van der Waals surface area (Å²) in [6.45, 7) is 6.54. The second kappa shape index (κ2) is 15.4. The number of methoxy groups -OCH3 is 1. The van der Waals surface area contributed by atoms with E-state index in [4.69, 9.17) is 24.2 Å². The summed E-state index contributed by atoms with van der Waals surface area (Å²) in [6.07, 6.45) is 2.63. The van der Waals surface area contributed by atoms with Crippen molar-refractivity contribution in [2.75, 3.05) is 13.7 Å². The minimum atomic E-state index is -4.24. The first-order valence-corrected chi connectivity index (χ1v) is 22.5. The molecule has 60 heavy (non-hydrogen) atoms. The number of ether oxygens (including phenoxy) is 3. The normalized spacial score (nSPS) is 31.4. The Bertz CT molecular complexity index is 2230. The average molecular weight is 857 g/mol. The number of hydrogen-bond acceptors (Lipinski definition) is 11. The first kappa shape index (κ1) is 42.1. The summed E-state index contributed by atoms with van der Waals surface area (Å²) in [7, 11) is -2.70. The van der Waals surface area contributed by atoms with Crippen LogP contribution in [0, 0.1) is 23.2 Å². The van der Waals surface area contributed by atoms with Crippen LogP contribution in [0.25, 0.3) is 11.0 Å². The molecule has 0 spiro atoms. The maximum Gasteiger partial charge on any atom is 0.408 e. The number of alkyl halides is 2. The highest BCUT2D eigenvalue weighted by Gasteiger charge is 2.67. The molecule has 4 bridgehead atoms. The molecular weight excluding hydrogens is 803 g/mol. The van der Waals surface area contributed by atoms with Gasteiger partial charge in [0.15, 0.2) is 0 Å². The molecule has 4 aliphatic carbocycles. The summed E-state index contributed by atoms with van der Waals surface area (Å²) in [5.74, 6) is -3.27. The number of aryl methyl sites for hydroxylation is 1. The van der Waals surface area contributed by atoms with Crippen molar-refractivity contribution in [3.63, 3.8) is 0 Å². The maximum atomic E-state index is 14.8. The standard InChI is InChI=1S/C42H54F2N6O9S/c1-40(2,3)33-37(52)50-21-25(19-31(50)35(51)48-42(20-27(42)34(43)44)38(53)49-60(55,56)41(4)15-16-41)58-36-29(45-28-14-13-24(57-5)18-30(28)46-36)10-8-6-7-9-26-22-11-12-23(17-22)32(26)59-39(54)47-33/h12-14,18,22,25-27,31-34H,6-11,15-17,19-21H2,1-5H3,(H,47,54)(H,48,51)(H,49,53)/t22-,25-,26-,27+,31+,32-,33-,42-/m1/s1. The molecular formula is C42H54F2N6O9S. The summed E-state index contributed by atoms with van der Waals surface area (Å²) in [5.41, 5.74) is -0.361. The molecule has 3 N–H and O–H groups in total. The highest BCUT2D eigenvalue weighted by molar-refractivity contribution is 7.91. The lowest BCUT2D eigenvalue weighted by atomic mass is 9.85. The molecule has 8 atom stereocenters. The van der Waals surface area contributed by atoms with E-state index in [1.165, 1.54) is 18.9 Å². The molecule has 18 heteroatoms. The number of alkyl carbamates (subject to hydrolysis) is 1. The lowest BCUT2D eigenvalue weighted by Crippen LogP contribution is -2.60. The Hall–Kier alpha value is -4.61. The van der Waals surface area contributed by atoms with Crippen molar-refractivity contribution in [2.24, 2.45) is 23.2 Å². The van der Waals surface area contributed by atoms with Crippen LogP contribution in [0.3, 0.4) is 0 Å². The number of carbonyl (C=O) groups excluding carboxylic acids is 4. The lowest BCUT2D eigenvalue weighted by molar-refractivity contribution is -0.143. The van der Waals surface area contributed by atoms with Crippen LogP contribution in [-0.4, -0.2) is 102 Å². The molecule has 2 aliphatic heterocycles. The fraction of sp³-hybridized carbons (Fsp3) is 0.667. The van der Waals surface area contributed by atoms with Crippen LogP contribution in [0.2, 0.25) is 0 Å². The molecule has 4 amide bonds. The molecule has 3 saturated carbocycles. The highest BCUT2D eigenvalue weighted by Crippen LogP contribution is 2.50. The first-order chi connectivity index (χ1) is 28.3. The van der Waals surface area contributed by atoms with Crippen molar-refractivity contribution in [1.29, 1.82) is 0 Å². The van der Waals surface area contributed by atoms with Gasteiger partial charge in [-0.3, -0.25) is 19.1 Å². The van der Waals surface area contributed by atoms with Crippen LogP contribution < -0.4 is 24.8 Å². The van der Waals surface area contributed by atoms with Crippen molar-refractivity contribution >= 4 is 44.9 Å². The summed E-state index contributed by atoms with van der Waals surface area (Å²) in [5, 5.41) is 5.27. The fourth-order valence-electron chi connectivity index (χ4n) is 9.44. The fourth-order valence-corrected chi connectivity index (χ4v) is 10.8. The highest BCUT2D eigenvalue weighted by atomic mass is 32.2. The minimum Gasteiger partial charge on any atom is -0.497 e. The van der Waals surface area contributed by atoms with Crippen molar-refractivity contribution < 1.29 is 50.6 Å². The topological polar surface area (TPSA) is 195 Å². The van der Waals surface area contributed by atoms with Crippen molar-refractivity contribution in [3.05, 3.63) is 35.5 Å². The zero-order valence-electron chi connectivity index (χ0n) is 34.6. The molecule has 326 valence electrons. The molecule has 2 aromatic rings. The molecule has 1 aromatic carbocycles. The van der Waals surface area contributed by atoms with Gasteiger partial charge in [-0.2, -0.15) is 0 Å². The quantitative estimate of drug-likeness (QED) is 0.326. The third kappa shape index (κ3) is 7.88. The van der Waals surface area contributed by atoms with Gasteiger partial charge in [-0.15, -0.1) is 0 Å². The molecule has 0 unspecified atom stereocenters. The van der Waals surface area contributed by atoms with E-state index in [2.05, 4.69) is 16.7 Å². The lowest BCUT2D eigenvalue weighted by Gasteiger charge is -2.36. The van der Waals surface area contributed by atoms with Gasteiger partial charge in [-0.1, -0.05) is 39.7 Å². The number of halogens is 2. The smallest absolute Gasteiger partial charge is 0.408 e. The Morgan fingerprint density at radius 1 is 1.08 bits per heavy atom. The van der Waals surface area contributed by atoms with Gasteiger partial charge in [0.25, 0.3) is 5.91 Å². The Morgan fingerprint density at radius 2 is 1.85 bits per heavy atom. The zero-order chi connectivity index (χ0) is 42.9. The van der Waals surface area contributed by atoms with E-state index in [-0.39, 0.29) is 24.8 Å². The van der Waals surface area contributed by atoms with Gasteiger partial charge in [0.2, 0.25) is 34.1 Å². The predicted molar refractivity (Wildman–Crippen MR) is 213 cm³/mol. The molecule has 4 fully saturated rings. The molecule has 8 rings (SSSR count). The number of hydrogen-bond donors (Lipinski definition) is 3. The van der Waals surface area contributed by atoms with E-state index in [1.807, 2.05) is 4.72 Å². The molecule has 1 saturated heterocycles. The van der Waals surface area contributed by atoms with Gasteiger partial charge >= 0.3 is 6.09 Å². The van der Waals surface area contributed by atoms with Crippen LogP contribution >= 0.6 is 0 Å².